The Bertz CT molecular complexity index is 684. The van der Waals surface area contributed by atoms with Gasteiger partial charge < -0.3 is 9.64 Å². The fourth-order valence-electron chi connectivity index (χ4n) is 3.17. The first-order valence-corrected chi connectivity index (χ1v) is 7.97. The Labute approximate surface area is 131 Å². The molecule has 0 spiro atoms. The maximum absolute atomic E-state index is 12.0. The molecule has 0 amide bonds. The molecular weight excluding hydrogens is 276 g/mol. The number of carbonyl (C=O) groups excluding carboxylic acids is 1. The highest BCUT2D eigenvalue weighted by Gasteiger charge is 2.28. The molecule has 0 saturated carbocycles. The maximum atomic E-state index is 12.0. The molecule has 2 heterocycles. The average Bonchev–Trinajstić information content (AvgIpc) is 2.54. The number of carbonyl (C=O) groups is 1. The third-order valence-corrected chi connectivity index (χ3v) is 4.19. The molecule has 1 saturated heterocycles. The van der Waals surface area contributed by atoms with E-state index in [9.17, 15) is 4.79 Å². The van der Waals surface area contributed by atoms with E-state index in [0.717, 1.165) is 36.3 Å². The number of hydrogen-bond donors (Lipinski definition) is 0. The first-order chi connectivity index (χ1) is 10.7. The first kappa shape index (κ1) is 14.8. The molecule has 1 aliphatic heterocycles. The van der Waals surface area contributed by atoms with Gasteiger partial charge in [-0.3, -0.25) is 4.79 Å². The van der Waals surface area contributed by atoms with Crippen LogP contribution >= 0.6 is 0 Å². The lowest BCUT2D eigenvalue weighted by Gasteiger charge is -2.33. The molecule has 1 aromatic heterocycles. The van der Waals surface area contributed by atoms with Crippen molar-refractivity contribution in [2.45, 2.75) is 26.7 Å². The molecule has 0 N–H and O–H groups in total. The minimum absolute atomic E-state index is 0.0465. The van der Waals surface area contributed by atoms with Crippen LogP contribution in [-0.4, -0.2) is 30.6 Å². The number of ether oxygens (including phenoxy) is 1. The van der Waals surface area contributed by atoms with Crippen molar-refractivity contribution in [2.75, 3.05) is 24.6 Å². The fraction of sp³-hybridized carbons (Fsp3) is 0.444. The van der Waals surface area contributed by atoms with Gasteiger partial charge in [0.1, 0.15) is 5.82 Å². The van der Waals surface area contributed by atoms with Crippen LogP contribution in [0.15, 0.2) is 30.3 Å². The highest BCUT2D eigenvalue weighted by Crippen LogP contribution is 2.29. The van der Waals surface area contributed by atoms with Crippen LogP contribution in [0.25, 0.3) is 10.8 Å². The highest BCUT2D eigenvalue weighted by atomic mass is 16.5. The minimum Gasteiger partial charge on any atom is -0.466 e. The van der Waals surface area contributed by atoms with Crippen molar-refractivity contribution in [3.05, 3.63) is 36.0 Å². The minimum atomic E-state index is -0.0795. The van der Waals surface area contributed by atoms with Crippen molar-refractivity contribution >= 4 is 22.6 Å². The smallest absolute Gasteiger partial charge is 0.310 e. The summed E-state index contributed by atoms with van der Waals surface area (Å²) >= 11 is 0. The quantitative estimate of drug-likeness (QED) is 0.815. The van der Waals surface area contributed by atoms with E-state index in [1.165, 1.54) is 5.39 Å². The molecule has 116 valence electrons. The predicted octanol–water partition coefficient (Wildman–Crippen LogP) is 3.32. The monoisotopic (exact) mass is 298 g/mol. The third kappa shape index (κ3) is 2.91. The number of fused-ring (bicyclic) bond motifs is 1. The Balaban J connectivity index is 1.92. The molecule has 4 heteroatoms. The van der Waals surface area contributed by atoms with Gasteiger partial charge in [0.2, 0.25) is 0 Å². The first-order valence-electron chi connectivity index (χ1n) is 7.97. The average molecular weight is 298 g/mol. The molecule has 1 aliphatic rings. The molecule has 1 atom stereocenters. The standard InChI is InChI=1S/C18H22N2O2/c1-3-22-18(21)15-8-6-10-20(12-15)17-16-9-5-4-7-14(16)11-13(2)19-17/h4-5,7,9,11,15H,3,6,8,10,12H2,1-2H3. The van der Waals surface area contributed by atoms with Crippen molar-refractivity contribution in [2.24, 2.45) is 5.92 Å². The second kappa shape index (κ2) is 6.34. The molecule has 3 rings (SSSR count). The maximum Gasteiger partial charge on any atom is 0.310 e. The zero-order valence-electron chi connectivity index (χ0n) is 13.2. The molecule has 2 aromatic rings. The number of anilines is 1. The van der Waals surface area contributed by atoms with Crippen molar-refractivity contribution < 1.29 is 9.53 Å². The normalized spacial score (nSPS) is 18.5. The molecule has 0 radical (unpaired) electrons. The number of rotatable bonds is 3. The lowest BCUT2D eigenvalue weighted by Crippen LogP contribution is -2.40. The van der Waals surface area contributed by atoms with Gasteiger partial charge in [-0.25, -0.2) is 4.98 Å². The Morgan fingerprint density at radius 1 is 1.41 bits per heavy atom. The van der Waals surface area contributed by atoms with Crippen LogP contribution in [0.3, 0.4) is 0 Å². The summed E-state index contributed by atoms with van der Waals surface area (Å²) in [6.07, 6.45) is 1.90. The zero-order chi connectivity index (χ0) is 15.5. The van der Waals surface area contributed by atoms with E-state index >= 15 is 0 Å². The van der Waals surface area contributed by atoms with Crippen molar-refractivity contribution in [1.29, 1.82) is 0 Å². The number of hydrogen-bond acceptors (Lipinski definition) is 4. The Morgan fingerprint density at radius 2 is 2.23 bits per heavy atom. The highest BCUT2D eigenvalue weighted by molar-refractivity contribution is 5.92. The van der Waals surface area contributed by atoms with Crippen LogP contribution in [-0.2, 0) is 9.53 Å². The Kier molecular flexibility index (Phi) is 4.27. The molecule has 0 bridgehead atoms. The second-order valence-corrected chi connectivity index (χ2v) is 5.85. The van der Waals surface area contributed by atoms with Crippen molar-refractivity contribution in [3.8, 4) is 0 Å². The van der Waals surface area contributed by atoms with E-state index in [4.69, 9.17) is 9.72 Å². The van der Waals surface area contributed by atoms with Gasteiger partial charge in [0.05, 0.1) is 12.5 Å². The van der Waals surface area contributed by atoms with Gasteiger partial charge in [-0.1, -0.05) is 24.3 Å². The van der Waals surface area contributed by atoms with E-state index in [-0.39, 0.29) is 11.9 Å². The molecular formula is C18H22N2O2. The molecule has 4 nitrogen and oxygen atoms in total. The van der Waals surface area contributed by atoms with Crippen LogP contribution < -0.4 is 4.90 Å². The summed E-state index contributed by atoms with van der Waals surface area (Å²) in [6, 6.07) is 10.4. The summed E-state index contributed by atoms with van der Waals surface area (Å²) in [5.41, 5.74) is 1.01. The number of pyridine rings is 1. The fourth-order valence-corrected chi connectivity index (χ4v) is 3.17. The van der Waals surface area contributed by atoms with Gasteiger partial charge in [0.25, 0.3) is 0 Å². The van der Waals surface area contributed by atoms with Crippen LogP contribution in [0.5, 0.6) is 0 Å². The summed E-state index contributed by atoms with van der Waals surface area (Å²) < 4.78 is 5.19. The zero-order valence-corrected chi connectivity index (χ0v) is 13.2. The predicted molar refractivity (Wildman–Crippen MR) is 88.1 cm³/mol. The molecule has 0 aliphatic carbocycles. The van der Waals surface area contributed by atoms with Gasteiger partial charge in [0.15, 0.2) is 0 Å². The summed E-state index contributed by atoms with van der Waals surface area (Å²) in [7, 11) is 0. The topological polar surface area (TPSA) is 42.4 Å². The largest absolute Gasteiger partial charge is 0.466 e. The van der Waals surface area contributed by atoms with Gasteiger partial charge in [-0.15, -0.1) is 0 Å². The molecule has 22 heavy (non-hydrogen) atoms. The van der Waals surface area contributed by atoms with Crippen LogP contribution in [0.1, 0.15) is 25.5 Å². The second-order valence-electron chi connectivity index (χ2n) is 5.85. The summed E-state index contributed by atoms with van der Waals surface area (Å²) in [6.45, 7) is 5.95. The lowest BCUT2D eigenvalue weighted by molar-refractivity contribution is -0.148. The van der Waals surface area contributed by atoms with Crippen LogP contribution in [0.4, 0.5) is 5.82 Å². The SMILES string of the molecule is CCOC(=O)C1CCCN(c2nc(C)cc3ccccc23)C1. The summed E-state index contributed by atoms with van der Waals surface area (Å²) in [4.78, 5) is 19.0. The van der Waals surface area contributed by atoms with Crippen LogP contribution in [0, 0.1) is 12.8 Å². The van der Waals surface area contributed by atoms with Gasteiger partial charge in [-0.05, 0) is 38.1 Å². The van der Waals surface area contributed by atoms with E-state index < -0.39 is 0 Å². The molecule has 1 unspecified atom stereocenters. The van der Waals surface area contributed by atoms with Gasteiger partial charge >= 0.3 is 5.97 Å². The number of benzene rings is 1. The van der Waals surface area contributed by atoms with E-state index in [1.807, 2.05) is 26.0 Å². The lowest BCUT2D eigenvalue weighted by atomic mass is 9.97. The van der Waals surface area contributed by atoms with Gasteiger partial charge in [0, 0.05) is 24.2 Å². The Morgan fingerprint density at radius 3 is 3.05 bits per heavy atom. The number of aromatic nitrogens is 1. The summed E-state index contributed by atoms with van der Waals surface area (Å²) in [5, 5.41) is 2.35. The molecule has 1 aromatic carbocycles. The number of nitrogens with zero attached hydrogens (tertiary/aromatic N) is 2. The Hall–Kier alpha value is -2.10. The van der Waals surface area contributed by atoms with Crippen molar-refractivity contribution in [1.82, 2.24) is 4.98 Å². The van der Waals surface area contributed by atoms with E-state index in [2.05, 4.69) is 23.1 Å². The van der Waals surface area contributed by atoms with Gasteiger partial charge in [-0.2, -0.15) is 0 Å². The number of aryl methyl sites for hydroxylation is 1. The molecule has 1 fully saturated rings. The van der Waals surface area contributed by atoms with Crippen LogP contribution in [0.2, 0.25) is 0 Å². The van der Waals surface area contributed by atoms with Crippen molar-refractivity contribution in [3.63, 3.8) is 0 Å². The number of piperidine rings is 1. The van der Waals surface area contributed by atoms with E-state index in [1.54, 1.807) is 0 Å². The number of esters is 1. The third-order valence-electron chi connectivity index (χ3n) is 4.19. The van der Waals surface area contributed by atoms with E-state index in [0.29, 0.717) is 13.2 Å². The summed E-state index contributed by atoms with van der Waals surface area (Å²) in [5.74, 6) is 0.864.